The number of fused-ring (bicyclic) bond motifs is 1. The lowest BCUT2D eigenvalue weighted by molar-refractivity contribution is 0.215. The molecule has 1 aliphatic rings. The Morgan fingerprint density at radius 2 is 1.82 bits per heavy atom. The highest BCUT2D eigenvalue weighted by Crippen LogP contribution is 2.24. The van der Waals surface area contributed by atoms with Crippen molar-refractivity contribution in [3.8, 4) is 0 Å². The molecule has 1 aliphatic heterocycles. The van der Waals surface area contributed by atoms with Gasteiger partial charge in [-0.05, 0) is 66.8 Å². The van der Waals surface area contributed by atoms with Crippen LogP contribution >= 0.6 is 11.9 Å². The summed E-state index contributed by atoms with van der Waals surface area (Å²) in [5, 5.41) is 6.60. The fourth-order valence-corrected chi connectivity index (χ4v) is 5.22. The summed E-state index contributed by atoms with van der Waals surface area (Å²) in [6.45, 7) is 3.94. The molecule has 1 saturated heterocycles. The van der Waals surface area contributed by atoms with Crippen LogP contribution in [0.25, 0.3) is 11.0 Å². The molecule has 1 fully saturated rings. The predicted molar refractivity (Wildman–Crippen MR) is 150 cm³/mol. The van der Waals surface area contributed by atoms with Gasteiger partial charge in [-0.15, -0.1) is 0 Å². The molecule has 2 aromatic heterocycles. The standard InChI is InChI=1S/C28H32FN7OS/c29-22-10-8-21(9-11-22)19-36-26-7-2-1-6-25(26)33-27(36)32-23-12-16-35(17-13-23)18-15-31-28(37)34-38-20-24-5-3-4-14-30-24/h1-11,14,23H,12-13,15-20H2,(H,32,33)(H2,31,34,37). The highest BCUT2D eigenvalue weighted by Gasteiger charge is 2.21. The van der Waals surface area contributed by atoms with E-state index >= 15 is 0 Å². The van der Waals surface area contributed by atoms with Gasteiger partial charge in [0, 0.05) is 38.4 Å². The van der Waals surface area contributed by atoms with Crippen molar-refractivity contribution in [2.24, 2.45) is 0 Å². The molecule has 0 atom stereocenters. The zero-order valence-corrected chi connectivity index (χ0v) is 22.0. The molecule has 3 N–H and O–H groups in total. The van der Waals surface area contributed by atoms with E-state index in [9.17, 15) is 9.18 Å². The monoisotopic (exact) mass is 533 g/mol. The van der Waals surface area contributed by atoms with E-state index in [1.165, 1.54) is 24.1 Å². The number of nitrogens with one attached hydrogen (secondary N) is 3. The number of hydrogen-bond acceptors (Lipinski definition) is 6. The second kappa shape index (κ2) is 12.7. The molecule has 2 amide bonds. The molecule has 3 heterocycles. The van der Waals surface area contributed by atoms with E-state index in [4.69, 9.17) is 4.98 Å². The number of pyridine rings is 1. The number of para-hydroxylation sites is 2. The van der Waals surface area contributed by atoms with Gasteiger partial charge < -0.3 is 20.1 Å². The van der Waals surface area contributed by atoms with Crippen molar-refractivity contribution in [3.63, 3.8) is 0 Å². The lowest BCUT2D eigenvalue weighted by Crippen LogP contribution is -2.43. The summed E-state index contributed by atoms with van der Waals surface area (Å²) in [4.78, 5) is 23.5. The summed E-state index contributed by atoms with van der Waals surface area (Å²) >= 11 is 1.33. The maximum absolute atomic E-state index is 13.4. The molecule has 0 aliphatic carbocycles. The number of carbonyl (C=O) groups excluding carboxylic acids is 1. The van der Waals surface area contributed by atoms with Gasteiger partial charge in [-0.25, -0.2) is 14.2 Å². The van der Waals surface area contributed by atoms with Gasteiger partial charge in [0.1, 0.15) is 5.82 Å². The third-order valence-electron chi connectivity index (χ3n) is 6.65. The Bertz CT molecular complexity index is 1320. The minimum Gasteiger partial charge on any atom is -0.353 e. The zero-order chi connectivity index (χ0) is 26.2. The van der Waals surface area contributed by atoms with Gasteiger partial charge in [-0.2, -0.15) is 0 Å². The Morgan fingerprint density at radius 3 is 2.61 bits per heavy atom. The van der Waals surface area contributed by atoms with Gasteiger partial charge in [-0.1, -0.05) is 30.3 Å². The van der Waals surface area contributed by atoms with Gasteiger partial charge in [0.05, 0.1) is 29.0 Å². The maximum Gasteiger partial charge on any atom is 0.324 e. The second-order valence-corrected chi connectivity index (χ2v) is 10.1. The van der Waals surface area contributed by atoms with E-state index in [0.717, 1.165) is 60.7 Å². The topological polar surface area (TPSA) is 87.1 Å². The number of nitrogens with zero attached hydrogens (tertiary/aromatic N) is 4. The van der Waals surface area contributed by atoms with Crippen LogP contribution < -0.4 is 15.4 Å². The molecular formula is C28H32FN7OS. The number of urea groups is 1. The van der Waals surface area contributed by atoms with Crippen LogP contribution in [0.1, 0.15) is 24.1 Å². The molecule has 5 rings (SSSR count). The molecule has 4 aromatic rings. The first kappa shape index (κ1) is 26.0. The summed E-state index contributed by atoms with van der Waals surface area (Å²) in [5.41, 5.74) is 3.95. The molecule has 0 saturated carbocycles. The smallest absolute Gasteiger partial charge is 0.324 e. The average molecular weight is 534 g/mol. The highest BCUT2D eigenvalue weighted by molar-refractivity contribution is 7.97. The van der Waals surface area contributed by atoms with Crippen LogP contribution in [0.3, 0.4) is 0 Å². The number of carbonyl (C=O) groups is 1. The fourth-order valence-electron chi connectivity index (χ4n) is 4.62. The van der Waals surface area contributed by atoms with Crippen LogP contribution in [0.5, 0.6) is 0 Å². The number of hydrogen-bond donors (Lipinski definition) is 3. The van der Waals surface area contributed by atoms with Crippen molar-refractivity contribution in [2.75, 3.05) is 31.5 Å². The van der Waals surface area contributed by atoms with Crippen LogP contribution in [-0.4, -0.2) is 57.7 Å². The van der Waals surface area contributed by atoms with Crippen molar-refractivity contribution in [2.45, 2.75) is 31.2 Å². The minimum absolute atomic E-state index is 0.178. The van der Waals surface area contributed by atoms with Gasteiger partial charge in [-0.3, -0.25) is 9.71 Å². The normalized spacial score (nSPS) is 14.4. The lowest BCUT2D eigenvalue weighted by atomic mass is 10.1. The first-order valence-electron chi connectivity index (χ1n) is 12.9. The molecule has 198 valence electrons. The first-order chi connectivity index (χ1) is 18.6. The summed E-state index contributed by atoms with van der Waals surface area (Å²) in [6.07, 6.45) is 3.73. The van der Waals surface area contributed by atoms with Gasteiger partial charge >= 0.3 is 6.03 Å². The Kier molecular flexibility index (Phi) is 8.72. The minimum atomic E-state index is -0.232. The number of likely N-dealkylation sites (tertiary alicyclic amines) is 1. The number of imidazole rings is 1. The Morgan fingerprint density at radius 1 is 1.03 bits per heavy atom. The van der Waals surface area contributed by atoms with E-state index in [2.05, 4.69) is 35.9 Å². The summed E-state index contributed by atoms with van der Waals surface area (Å²) < 4.78 is 18.4. The SMILES string of the molecule is O=C(NCCN1CCC(Nc2nc3ccccc3n2Cc2ccc(F)cc2)CC1)NSCc1ccccn1. The van der Waals surface area contributed by atoms with Crippen LogP contribution in [0.15, 0.2) is 72.9 Å². The number of rotatable bonds is 10. The van der Waals surface area contributed by atoms with E-state index < -0.39 is 0 Å². The van der Waals surface area contributed by atoms with Crippen LogP contribution in [0, 0.1) is 5.82 Å². The largest absolute Gasteiger partial charge is 0.353 e. The van der Waals surface area contributed by atoms with Crippen molar-refractivity contribution >= 4 is 35.0 Å². The van der Waals surface area contributed by atoms with Gasteiger partial charge in [0.2, 0.25) is 5.95 Å². The molecule has 0 bridgehead atoms. The van der Waals surface area contributed by atoms with Crippen LogP contribution in [0.4, 0.5) is 15.1 Å². The molecule has 10 heteroatoms. The van der Waals surface area contributed by atoms with E-state index in [0.29, 0.717) is 24.9 Å². The molecule has 2 aromatic carbocycles. The van der Waals surface area contributed by atoms with Crippen molar-refractivity contribution in [1.82, 2.24) is 29.5 Å². The van der Waals surface area contributed by atoms with E-state index in [-0.39, 0.29) is 11.8 Å². The van der Waals surface area contributed by atoms with E-state index in [1.807, 2.05) is 48.5 Å². The van der Waals surface area contributed by atoms with Crippen LogP contribution in [-0.2, 0) is 12.3 Å². The number of piperidine rings is 1. The molecule has 0 radical (unpaired) electrons. The number of aromatic nitrogens is 3. The lowest BCUT2D eigenvalue weighted by Gasteiger charge is -2.32. The summed E-state index contributed by atoms with van der Waals surface area (Å²) in [6, 6.07) is 20.6. The van der Waals surface area contributed by atoms with Gasteiger partial charge in [0.25, 0.3) is 0 Å². The van der Waals surface area contributed by atoms with Crippen molar-refractivity contribution in [1.29, 1.82) is 0 Å². The number of benzene rings is 2. The first-order valence-corrected chi connectivity index (χ1v) is 13.9. The van der Waals surface area contributed by atoms with Crippen molar-refractivity contribution < 1.29 is 9.18 Å². The number of amides is 2. The average Bonchev–Trinajstić information content (AvgIpc) is 3.28. The Balaban J connectivity index is 1.07. The molecule has 0 spiro atoms. The molecule has 8 nitrogen and oxygen atoms in total. The molecule has 38 heavy (non-hydrogen) atoms. The quantitative estimate of drug-likeness (QED) is 0.258. The highest BCUT2D eigenvalue weighted by atomic mass is 32.2. The Hall–Kier alpha value is -3.63. The predicted octanol–water partition coefficient (Wildman–Crippen LogP) is 4.64. The summed E-state index contributed by atoms with van der Waals surface area (Å²) in [5.74, 6) is 1.24. The third-order valence-corrected chi connectivity index (χ3v) is 7.42. The summed E-state index contributed by atoms with van der Waals surface area (Å²) in [7, 11) is 0. The fraction of sp³-hybridized carbons (Fsp3) is 0.321. The third kappa shape index (κ3) is 7.02. The van der Waals surface area contributed by atoms with Gasteiger partial charge in [0.15, 0.2) is 0 Å². The number of halogens is 1. The van der Waals surface area contributed by atoms with Crippen molar-refractivity contribution in [3.05, 3.63) is 90.0 Å². The number of anilines is 1. The van der Waals surface area contributed by atoms with Crippen LogP contribution in [0.2, 0.25) is 0 Å². The maximum atomic E-state index is 13.4. The second-order valence-electron chi connectivity index (χ2n) is 9.36. The Labute approximate surface area is 226 Å². The molecule has 0 unspecified atom stereocenters. The molecular weight excluding hydrogens is 501 g/mol. The van der Waals surface area contributed by atoms with E-state index in [1.54, 1.807) is 6.20 Å². The zero-order valence-electron chi connectivity index (χ0n) is 21.1.